The molecule has 0 amide bonds. The van der Waals surface area contributed by atoms with Crippen molar-refractivity contribution >= 4 is 48.3 Å². The molecule has 1 aliphatic heterocycles. The summed E-state index contributed by atoms with van der Waals surface area (Å²) in [5, 5.41) is 0. The molecule has 1 fully saturated rings. The number of halogens is 2. The lowest BCUT2D eigenvalue weighted by atomic mass is 10.2. The minimum atomic E-state index is -3.87. The highest BCUT2D eigenvalue weighted by molar-refractivity contribution is 9.10. The van der Waals surface area contributed by atoms with Crippen molar-refractivity contribution < 1.29 is 12.8 Å². The smallest absolute Gasteiger partial charge is 0.246 e. The van der Waals surface area contributed by atoms with E-state index in [0.717, 1.165) is 26.8 Å². The van der Waals surface area contributed by atoms with Gasteiger partial charge in [-0.3, -0.25) is 0 Å². The third-order valence-corrected chi connectivity index (χ3v) is 7.82. The fraction of sp³-hybridized carbons (Fsp3) is 0.190. The fourth-order valence-electron chi connectivity index (χ4n) is 3.90. The second-order valence-corrected chi connectivity index (χ2v) is 9.98. The fourth-order valence-corrected chi connectivity index (χ4v) is 5.74. The summed E-state index contributed by atoms with van der Waals surface area (Å²) in [6.45, 7) is 1.48. The van der Waals surface area contributed by atoms with Gasteiger partial charge in [-0.05, 0) is 42.5 Å². The molecule has 4 aromatic rings. The number of hydrogen-bond acceptors (Lipinski definition) is 4. The maximum absolute atomic E-state index is 14.1. The van der Waals surface area contributed by atoms with Crippen LogP contribution in [0.2, 0.25) is 0 Å². The first kappa shape index (κ1) is 19.5. The highest BCUT2D eigenvalue weighted by Crippen LogP contribution is 2.29. The number of anilines is 1. The number of piperazine rings is 1. The van der Waals surface area contributed by atoms with Crippen LogP contribution in [-0.4, -0.2) is 48.3 Å². The number of aromatic nitrogens is 2. The largest absolute Gasteiger partial charge is 0.352 e. The van der Waals surface area contributed by atoms with E-state index < -0.39 is 15.8 Å². The predicted molar refractivity (Wildman–Crippen MR) is 118 cm³/mol. The molecule has 1 saturated heterocycles. The van der Waals surface area contributed by atoms with E-state index in [0.29, 0.717) is 13.1 Å². The van der Waals surface area contributed by atoms with E-state index in [1.807, 2.05) is 36.5 Å². The van der Waals surface area contributed by atoms with Gasteiger partial charge in [-0.25, -0.2) is 17.8 Å². The molecule has 30 heavy (non-hydrogen) atoms. The van der Waals surface area contributed by atoms with Gasteiger partial charge in [0.2, 0.25) is 10.0 Å². The van der Waals surface area contributed by atoms with Gasteiger partial charge >= 0.3 is 0 Å². The Labute approximate surface area is 181 Å². The minimum absolute atomic E-state index is 0.266. The van der Waals surface area contributed by atoms with Crippen molar-refractivity contribution in [2.45, 2.75) is 4.90 Å². The topological polar surface area (TPSA) is 57.9 Å². The standard InChI is InChI=1S/C21H18BrFN4O2S/c22-15-7-8-18-17(14-15)24-21(19-5-3-9-27(18)19)25-10-12-26(13-11-25)30(28,29)20-6-2-1-4-16(20)23/h1-9,14H,10-13H2. The molecular formula is C21H18BrFN4O2S. The third kappa shape index (κ3) is 3.17. The number of hydrogen-bond donors (Lipinski definition) is 0. The second kappa shape index (κ2) is 7.33. The van der Waals surface area contributed by atoms with Gasteiger partial charge in [0.25, 0.3) is 0 Å². The Kier molecular flexibility index (Phi) is 4.76. The van der Waals surface area contributed by atoms with Gasteiger partial charge in [0.15, 0.2) is 5.82 Å². The van der Waals surface area contributed by atoms with Gasteiger partial charge in [-0.15, -0.1) is 0 Å². The number of sulfonamides is 1. The highest BCUT2D eigenvalue weighted by Gasteiger charge is 2.31. The summed E-state index contributed by atoms with van der Waals surface area (Å²) in [6, 6.07) is 15.4. The highest BCUT2D eigenvalue weighted by atomic mass is 79.9. The Morgan fingerprint density at radius 3 is 2.47 bits per heavy atom. The van der Waals surface area contributed by atoms with E-state index in [9.17, 15) is 12.8 Å². The Balaban J connectivity index is 1.46. The Bertz CT molecular complexity index is 1360. The van der Waals surface area contributed by atoms with Crippen molar-refractivity contribution in [1.82, 2.24) is 13.7 Å². The van der Waals surface area contributed by atoms with Crippen LogP contribution in [0, 0.1) is 5.82 Å². The van der Waals surface area contributed by atoms with E-state index >= 15 is 0 Å². The summed E-state index contributed by atoms with van der Waals surface area (Å²) in [6.07, 6.45) is 2.00. The Morgan fingerprint density at radius 2 is 1.70 bits per heavy atom. The zero-order valence-electron chi connectivity index (χ0n) is 15.9. The third-order valence-electron chi connectivity index (χ3n) is 5.39. The van der Waals surface area contributed by atoms with Gasteiger partial charge in [-0.2, -0.15) is 4.31 Å². The van der Waals surface area contributed by atoms with Crippen molar-refractivity contribution in [3.05, 3.63) is 71.1 Å². The molecule has 1 aliphatic rings. The summed E-state index contributed by atoms with van der Waals surface area (Å²) < 4.78 is 44.2. The molecule has 9 heteroatoms. The van der Waals surface area contributed by atoms with Crippen molar-refractivity contribution in [2.75, 3.05) is 31.1 Å². The molecule has 0 radical (unpaired) electrons. The van der Waals surface area contributed by atoms with Crippen molar-refractivity contribution in [1.29, 1.82) is 0 Å². The molecule has 3 heterocycles. The lowest BCUT2D eigenvalue weighted by molar-refractivity contribution is 0.381. The Hall–Kier alpha value is -2.49. The first-order chi connectivity index (χ1) is 14.4. The van der Waals surface area contributed by atoms with Crippen LogP contribution >= 0.6 is 15.9 Å². The van der Waals surface area contributed by atoms with Gasteiger partial charge < -0.3 is 9.30 Å². The van der Waals surface area contributed by atoms with Crippen molar-refractivity contribution in [3.63, 3.8) is 0 Å². The lowest BCUT2D eigenvalue weighted by Gasteiger charge is -2.35. The maximum Gasteiger partial charge on any atom is 0.246 e. The lowest BCUT2D eigenvalue weighted by Crippen LogP contribution is -2.49. The van der Waals surface area contributed by atoms with Crippen LogP contribution in [0.3, 0.4) is 0 Å². The average Bonchev–Trinajstić information content (AvgIpc) is 3.23. The Morgan fingerprint density at radius 1 is 0.933 bits per heavy atom. The van der Waals surface area contributed by atoms with Gasteiger partial charge in [0.05, 0.1) is 16.6 Å². The van der Waals surface area contributed by atoms with Crippen molar-refractivity contribution in [3.8, 4) is 0 Å². The quantitative estimate of drug-likeness (QED) is 0.438. The van der Waals surface area contributed by atoms with Gasteiger partial charge in [0, 0.05) is 36.8 Å². The number of nitrogens with zero attached hydrogens (tertiary/aromatic N) is 4. The molecule has 6 nitrogen and oxygen atoms in total. The normalized spacial score (nSPS) is 15.9. The monoisotopic (exact) mass is 488 g/mol. The molecular weight excluding hydrogens is 471 g/mol. The molecule has 0 bridgehead atoms. The zero-order chi connectivity index (χ0) is 20.9. The summed E-state index contributed by atoms with van der Waals surface area (Å²) in [7, 11) is -3.87. The van der Waals surface area contributed by atoms with Crippen LogP contribution in [0.25, 0.3) is 16.6 Å². The first-order valence-electron chi connectivity index (χ1n) is 9.51. The van der Waals surface area contributed by atoms with Crippen LogP contribution in [0.15, 0.2) is 70.2 Å². The van der Waals surface area contributed by atoms with Crippen molar-refractivity contribution in [2.24, 2.45) is 0 Å². The summed E-state index contributed by atoms with van der Waals surface area (Å²) in [5.74, 6) is 0.0881. The minimum Gasteiger partial charge on any atom is -0.352 e. The van der Waals surface area contributed by atoms with Crippen LogP contribution in [0.5, 0.6) is 0 Å². The molecule has 5 rings (SSSR count). The summed E-state index contributed by atoms with van der Waals surface area (Å²) in [5.41, 5.74) is 2.82. The number of rotatable bonds is 3. The van der Waals surface area contributed by atoms with Gasteiger partial charge in [-0.1, -0.05) is 28.1 Å². The molecule has 0 N–H and O–H groups in total. The van der Waals surface area contributed by atoms with Crippen LogP contribution < -0.4 is 4.90 Å². The molecule has 0 aliphatic carbocycles. The molecule has 2 aromatic carbocycles. The number of fused-ring (bicyclic) bond motifs is 3. The second-order valence-electron chi connectivity index (χ2n) is 7.15. The van der Waals surface area contributed by atoms with E-state index in [4.69, 9.17) is 4.98 Å². The summed E-state index contributed by atoms with van der Waals surface area (Å²) in [4.78, 5) is 6.68. The van der Waals surface area contributed by atoms with Crippen LogP contribution in [0.4, 0.5) is 10.2 Å². The van der Waals surface area contributed by atoms with E-state index in [-0.39, 0.29) is 18.0 Å². The summed E-state index contributed by atoms with van der Waals surface area (Å²) >= 11 is 3.50. The van der Waals surface area contributed by atoms with E-state index in [1.165, 1.54) is 28.6 Å². The van der Waals surface area contributed by atoms with Crippen LogP contribution in [0.1, 0.15) is 0 Å². The molecule has 0 spiro atoms. The predicted octanol–water partition coefficient (Wildman–Crippen LogP) is 3.90. The molecule has 2 aromatic heterocycles. The van der Waals surface area contributed by atoms with E-state index in [1.54, 1.807) is 0 Å². The van der Waals surface area contributed by atoms with Crippen LogP contribution in [-0.2, 0) is 10.0 Å². The molecule has 0 atom stereocenters. The zero-order valence-corrected chi connectivity index (χ0v) is 18.3. The van der Waals surface area contributed by atoms with Gasteiger partial charge in [0.1, 0.15) is 10.7 Å². The SMILES string of the molecule is O=S(=O)(c1ccccc1F)N1CCN(c2nc3cc(Br)ccc3n3cccc23)CC1. The maximum atomic E-state index is 14.1. The average molecular weight is 489 g/mol. The number of benzene rings is 2. The molecule has 0 saturated carbocycles. The van der Waals surface area contributed by atoms with E-state index in [2.05, 4.69) is 25.2 Å². The first-order valence-corrected chi connectivity index (χ1v) is 11.7. The molecule has 154 valence electrons. The molecule has 0 unspecified atom stereocenters.